The van der Waals surface area contributed by atoms with E-state index < -0.39 is 0 Å². The van der Waals surface area contributed by atoms with Crippen molar-refractivity contribution in [2.45, 2.75) is 13.8 Å². The van der Waals surface area contributed by atoms with E-state index in [-0.39, 0.29) is 5.78 Å². The Morgan fingerprint density at radius 2 is 2.42 bits per heavy atom. The minimum atomic E-state index is 0.0809. The first kappa shape index (κ1) is 9.20. The van der Waals surface area contributed by atoms with Gasteiger partial charge in [-0.1, -0.05) is 19.6 Å². The molecule has 2 heteroatoms. The third-order valence-electron chi connectivity index (χ3n) is 2.15. The molecule has 1 rings (SSSR count). The SMILES string of the molecule is C=C/C(C(C)=O)=C1\COCC1C. The second-order valence-corrected chi connectivity index (χ2v) is 3.12. The van der Waals surface area contributed by atoms with Crippen molar-refractivity contribution in [3.8, 4) is 0 Å². The van der Waals surface area contributed by atoms with Crippen LogP contribution in [0.1, 0.15) is 13.8 Å². The molecule has 0 aromatic heterocycles. The number of ether oxygens (including phenoxy) is 1. The van der Waals surface area contributed by atoms with Crippen LogP contribution in [0.3, 0.4) is 0 Å². The summed E-state index contributed by atoms with van der Waals surface area (Å²) in [6.07, 6.45) is 1.63. The predicted octanol–water partition coefficient (Wildman–Crippen LogP) is 1.72. The topological polar surface area (TPSA) is 26.3 Å². The Balaban J connectivity index is 2.98. The van der Waals surface area contributed by atoms with Crippen LogP contribution in [0.5, 0.6) is 0 Å². The van der Waals surface area contributed by atoms with Gasteiger partial charge in [-0.2, -0.15) is 0 Å². The summed E-state index contributed by atoms with van der Waals surface area (Å²) in [5, 5.41) is 0. The third-order valence-corrected chi connectivity index (χ3v) is 2.15. The maximum Gasteiger partial charge on any atom is 0.159 e. The second kappa shape index (κ2) is 3.68. The van der Waals surface area contributed by atoms with Crippen molar-refractivity contribution < 1.29 is 9.53 Å². The van der Waals surface area contributed by atoms with Crippen LogP contribution in [0, 0.1) is 5.92 Å². The first-order valence-corrected chi connectivity index (χ1v) is 4.11. The monoisotopic (exact) mass is 166 g/mol. The molecular formula is C10H14O2. The summed E-state index contributed by atoms with van der Waals surface area (Å²) in [6.45, 7) is 8.56. The Labute approximate surface area is 72.9 Å². The van der Waals surface area contributed by atoms with E-state index in [1.807, 2.05) is 0 Å². The van der Waals surface area contributed by atoms with Gasteiger partial charge in [0.25, 0.3) is 0 Å². The van der Waals surface area contributed by atoms with Crippen LogP contribution in [-0.2, 0) is 9.53 Å². The maximum absolute atomic E-state index is 11.1. The van der Waals surface area contributed by atoms with Gasteiger partial charge < -0.3 is 4.74 Å². The van der Waals surface area contributed by atoms with E-state index in [2.05, 4.69) is 13.5 Å². The Kier molecular flexibility index (Phi) is 2.82. The molecule has 0 N–H and O–H groups in total. The molecule has 0 bridgehead atoms. The predicted molar refractivity (Wildman–Crippen MR) is 47.9 cm³/mol. The Hall–Kier alpha value is -0.890. The average Bonchev–Trinajstić information content (AvgIpc) is 2.38. The number of rotatable bonds is 2. The molecule has 66 valence electrons. The molecule has 1 aliphatic rings. The lowest BCUT2D eigenvalue weighted by Gasteiger charge is -2.05. The molecule has 0 aliphatic carbocycles. The summed E-state index contributed by atoms with van der Waals surface area (Å²) in [7, 11) is 0. The highest BCUT2D eigenvalue weighted by Gasteiger charge is 2.21. The van der Waals surface area contributed by atoms with E-state index >= 15 is 0 Å². The molecule has 0 radical (unpaired) electrons. The van der Waals surface area contributed by atoms with Crippen LogP contribution in [0.15, 0.2) is 23.8 Å². The number of hydrogen-bond acceptors (Lipinski definition) is 2. The lowest BCUT2D eigenvalue weighted by Crippen LogP contribution is -2.04. The summed E-state index contributed by atoms with van der Waals surface area (Å²) in [5.41, 5.74) is 1.83. The first-order valence-electron chi connectivity index (χ1n) is 4.11. The van der Waals surface area contributed by atoms with Gasteiger partial charge in [0.05, 0.1) is 13.2 Å². The lowest BCUT2D eigenvalue weighted by molar-refractivity contribution is -0.113. The fourth-order valence-corrected chi connectivity index (χ4v) is 1.43. The molecule has 0 amide bonds. The summed E-state index contributed by atoms with van der Waals surface area (Å²) in [6, 6.07) is 0. The number of carbonyl (C=O) groups is 1. The second-order valence-electron chi connectivity index (χ2n) is 3.12. The van der Waals surface area contributed by atoms with Gasteiger partial charge in [-0.15, -0.1) is 0 Å². The normalized spacial score (nSPS) is 27.0. The number of Topliss-reactive ketones (excluding diaryl/α,β-unsaturated/α-hetero) is 1. The molecule has 1 saturated heterocycles. The molecule has 0 aromatic rings. The zero-order chi connectivity index (χ0) is 9.14. The van der Waals surface area contributed by atoms with E-state index in [9.17, 15) is 4.79 Å². The number of allylic oxidation sites excluding steroid dienone is 2. The number of hydrogen-bond donors (Lipinski definition) is 0. The van der Waals surface area contributed by atoms with Gasteiger partial charge in [0, 0.05) is 11.5 Å². The van der Waals surface area contributed by atoms with Crippen LogP contribution >= 0.6 is 0 Å². The fourth-order valence-electron chi connectivity index (χ4n) is 1.43. The van der Waals surface area contributed by atoms with Gasteiger partial charge >= 0.3 is 0 Å². The van der Waals surface area contributed by atoms with Crippen molar-refractivity contribution in [2.24, 2.45) is 5.92 Å². The van der Waals surface area contributed by atoms with Crippen LogP contribution in [0.2, 0.25) is 0 Å². The molecule has 0 aromatic carbocycles. The Morgan fingerprint density at radius 3 is 2.75 bits per heavy atom. The zero-order valence-electron chi connectivity index (χ0n) is 7.59. The van der Waals surface area contributed by atoms with Crippen LogP contribution < -0.4 is 0 Å². The van der Waals surface area contributed by atoms with Gasteiger partial charge in [0.1, 0.15) is 0 Å². The molecule has 2 nitrogen and oxygen atoms in total. The summed E-state index contributed by atoms with van der Waals surface area (Å²) in [4.78, 5) is 11.1. The van der Waals surface area contributed by atoms with E-state index in [0.29, 0.717) is 12.5 Å². The highest BCUT2D eigenvalue weighted by atomic mass is 16.5. The van der Waals surface area contributed by atoms with E-state index in [1.54, 1.807) is 13.0 Å². The van der Waals surface area contributed by atoms with Gasteiger partial charge in [-0.05, 0) is 12.5 Å². The highest BCUT2D eigenvalue weighted by molar-refractivity contribution is 5.96. The lowest BCUT2D eigenvalue weighted by atomic mass is 9.97. The van der Waals surface area contributed by atoms with Crippen molar-refractivity contribution in [1.82, 2.24) is 0 Å². The third kappa shape index (κ3) is 1.64. The minimum absolute atomic E-state index is 0.0809. The van der Waals surface area contributed by atoms with Gasteiger partial charge in [-0.25, -0.2) is 0 Å². The van der Waals surface area contributed by atoms with Gasteiger partial charge in [0.2, 0.25) is 0 Å². The van der Waals surface area contributed by atoms with Crippen LogP contribution in [0.25, 0.3) is 0 Å². The summed E-state index contributed by atoms with van der Waals surface area (Å²) < 4.78 is 5.24. The largest absolute Gasteiger partial charge is 0.376 e. The molecule has 1 unspecified atom stereocenters. The van der Waals surface area contributed by atoms with E-state index in [1.165, 1.54) is 0 Å². The maximum atomic E-state index is 11.1. The molecule has 0 saturated carbocycles. The van der Waals surface area contributed by atoms with Crippen molar-refractivity contribution in [3.05, 3.63) is 23.8 Å². The van der Waals surface area contributed by atoms with Crippen LogP contribution in [0.4, 0.5) is 0 Å². The molecule has 1 aliphatic heterocycles. The molecule has 12 heavy (non-hydrogen) atoms. The smallest absolute Gasteiger partial charge is 0.159 e. The first-order chi connectivity index (χ1) is 5.66. The average molecular weight is 166 g/mol. The van der Waals surface area contributed by atoms with Crippen LogP contribution in [-0.4, -0.2) is 19.0 Å². The van der Waals surface area contributed by atoms with Gasteiger partial charge in [-0.3, -0.25) is 4.79 Å². The quantitative estimate of drug-likeness (QED) is 0.584. The van der Waals surface area contributed by atoms with Gasteiger partial charge in [0.15, 0.2) is 5.78 Å². The van der Waals surface area contributed by atoms with Crippen molar-refractivity contribution in [1.29, 1.82) is 0 Å². The molecule has 0 spiro atoms. The summed E-state index contributed by atoms with van der Waals surface area (Å²) >= 11 is 0. The van der Waals surface area contributed by atoms with Crippen molar-refractivity contribution in [3.63, 3.8) is 0 Å². The number of carbonyl (C=O) groups excluding carboxylic acids is 1. The Morgan fingerprint density at radius 1 is 1.75 bits per heavy atom. The minimum Gasteiger partial charge on any atom is -0.376 e. The standard InChI is InChI=1S/C10H14O2/c1-4-9(8(3)11)10-6-12-5-7(10)2/h4,7H,1,5-6H2,2-3H3/b10-9-. The zero-order valence-corrected chi connectivity index (χ0v) is 7.59. The summed E-state index contributed by atoms with van der Waals surface area (Å²) in [5.74, 6) is 0.444. The van der Waals surface area contributed by atoms with E-state index in [0.717, 1.165) is 17.8 Å². The highest BCUT2D eigenvalue weighted by Crippen LogP contribution is 2.23. The van der Waals surface area contributed by atoms with E-state index in [4.69, 9.17) is 4.74 Å². The number of ketones is 1. The molecule has 1 atom stereocenters. The molecule has 1 fully saturated rings. The van der Waals surface area contributed by atoms with Crippen molar-refractivity contribution >= 4 is 5.78 Å². The molecule has 1 heterocycles. The Bertz CT molecular complexity index is 238. The fraction of sp³-hybridized carbons (Fsp3) is 0.500. The molecular weight excluding hydrogens is 152 g/mol. The van der Waals surface area contributed by atoms with Crippen molar-refractivity contribution in [2.75, 3.05) is 13.2 Å².